The van der Waals surface area contributed by atoms with Gasteiger partial charge in [0.15, 0.2) is 0 Å². The van der Waals surface area contributed by atoms with Crippen LogP contribution in [-0.2, 0) is 0 Å². The van der Waals surface area contributed by atoms with Gasteiger partial charge in [-0.15, -0.1) is 0 Å². The number of rotatable bonds is 7. The lowest BCUT2D eigenvalue weighted by Crippen LogP contribution is -2.07. The highest BCUT2D eigenvalue weighted by Crippen LogP contribution is 2.25. The molecule has 0 saturated carbocycles. The molecule has 0 unspecified atom stereocenters. The fraction of sp³-hybridized carbons (Fsp3) is 0.545. The number of hydrogen-bond acceptors (Lipinski definition) is 5. The van der Waals surface area contributed by atoms with Gasteiger partial charge in [-0.05, 0) is 30.9 Å². The summed E-state index contributed by atoms with van der Waals surface area (Å²) in [7, 11) is 0. The van der Waals surface area contributed by atoms with Crippen LogP contribution in [0.15, 0.2) is 12.3 Å². The molecule has 0 aromatic carbocycles. The van der Waals surface area contributed by atoms with Crippen LogP contribution < -0.4 is 5.32 Å². The van der Waals surface area contributed by atoms with Crippen molar-refractivity contribution in [2.45, 2.75) is 20.3 Å². The van der Waals surface area contributed by atoms with Gasteiger partial charge in [0.05, 0.1) is 4.92 Å². The molecule has 1 heterocycles. The topological polar surface area (TPSA) is 68.1 Å². The molecule has 0 aliphatic rings. The fourth-order valence-corrected chi connectivity index (χ4v) is 2.07. The first-order valence-corrected chi connectivity index (χ1v) is 6.74. The van der Waals surface area contributed by atoms with E-state index in [1.807, 2.05) is 11.8 Å². The van der Waals surface area contributed by atoms with Crippen molar-refractivity contribution in [3.8, 4) is 0 Å². The zero-order valence-electron chi connectivity index (χ0n) is 10.1. The standard InChI is InChI=1S/C11H17N3O2S/c1-3-17-8-4-6-12-11-10(14(15)16)9(2)5-7-13-11/h5,7H,3-4,6,8H2,1-2H3,(H,12,13). The van der Waals surface area contributed by atoms with E-state index in [0.29, 0.717) is 17.9 Å². The highest BCUT2D eigenvalue weighted by atomic mass is 32.2. The van der Waals surface area contributed by atoms with Crippen LogP contribution in [0.4, 0.5) is 11.5 Å². The van der Waals surface area contributed by atoms with Crippen molar-refractivity contribution in [2.75, 3.05) is 23.4 Å². The maximum absolute atomic E-state index is 10.9. The van der Waals surface area contributed by atoms with Crippen molar-refractivity contribution in [3.63, 3.8) is 0 Å². The Morgan fingerprint density at radius 2 is 2.35 bits per heavy atom. The Balaban J connectivity index is 2.58. The van der Waals surface area contributed by atoms with Crippen molar-refractivity contribution >= 4 is 23.3 Å². The molecular formula is C11H17N3O2S. The average Bonchev–Trinajstić information content (AvgIpc) is 2.28. The van der Waals surface area contributed by atoms with E-state index in [9.17, 15) is 10.1 Å². The van der Waals surface area contributed by atoms with Gasteiger partial charge < -0.3 is 5.32 Å². The number of aryl methyl sites for hydroxylation is 1. The van der Waals surface area contributed by atoms with Gasteiger partial charge in [0.2, 0.25) is 5.82 Å². The van der Waals surface area contributed by atoms with Crippen LogP contribution in [0.2, 0.25) is 0 Å². The zero-order valence-corrected chi connectivity index (χ0v) is 10.9. The Labute approximate surface area is 105 Å². The van der Waals surface area contributed by atoms with E-state index in [2.05, 4.69) is 17.2 Å². The lowest BCUT2D eigenvalue weighted by molar-refractivity contribution is -0.384. The fourth-order valence-electron chi connectivity index (χ4n) is 1.44. The Morgan fingerprint density at radius 1 is 1.59 bits per heavy atom. The van der Waals surface area contributed by atoms with Crippen molar-refractivity contribution in [2.24, 2.45) is 0 Å². The normalized spacial score (nSPS) is 10.2. The molecule has 0 spiro atoms. The molecule has 1 aromatic rings. The number of thioether (sulfide) groups is 1. The predicted molar refractivity (Wildman–Crippen MR) is 71.7 cm³/mol. The number of nitrogens with zero attached hydrogens (tertiary/aromatic N) is 2. The van der Waals surface area contributed by atoms with Crippen molar-refractivity contribution < 1.29 is 4.92 Å². The smallest absolute Gasteiger partial charge is 0.314 e. The summed E-state index contributed by atoms with van der Waals surface area (Å²) < 4.78 is 0. The van der Waals surface area contributed by atoms with Crippen LogP contribution >= 0.6 is 11.8 Å². The summed E-state index contributed by atoms with van der Waals surface area (Å²) in [6, 6.07) is 1.65. The third-order valence-electron chi connectivity index (χ3n) is 2.27. The minimum absolute atomic E-state index is 0.0793. The number of nitrogens with one attached hydrogen (secondary N) is 1. The second-order valence-corrected chi connectivity index (χ2v) is 4.95. The minimum atomic E-state index is -0.383. The Bertz CT molecular complexity index is 385. The van der Waals surface area contributed by atoms with Crippen LogP contribution in [0.3, 0.4) is 0 Å². The Morgan fingerprint density at radius 3 is 3.00 bits per heavy atom. The quantitative estimate of drug-likeness (QED) is 0.461. The first-order valence-electron chi connectivity index (χ1n) is 5.58. The molecule has 1 aromatic heterocycles. The first-order chi connectivity index (χ1) is 8.16. The molecule has 17 heavy (non-hydrogen) atoms. The largest absolute Gasteiger partial charge is 0.364 e. The maximum atomic E-state index is 10.9. The van der Waals surface area contributed by atoms with Crippen LogP contribution in [-0.4, -0.2) is 28.0 Å². The van der Waals surface area contributed by atoms with Crippen LogP contribution in [0.1, 0.15) is 18.9 Å². The zero-order chi connectivity index (χ0) is 12.7. The third kappa shape index (κ3) is 4.22. The van der Waals surface area contributed by atoms with Crippen molar-refractivity contribution in [1.82, 2.24) is 4.98 Å². The minimum Gasteiger partial charge on any atom is -0.364 e. The second-order valence-electron chi connectivity index (χ2n) is 3.56. The van der Waals surface area contributed by atoms with E-state index >= 15 is 0 Å². The highest BCUT2D eigenvalue weighted by molar-refractivity contribution is 7.99. The Kier molecular flexibility index (Phi) is 5.76. The highest BCUT2D eigenvalue weighted by Gasteiger charge is 2.17. The molecule has 0 amide bonds. The first kappa shape index (κ1) is 13.8. The summed E-state index contributed by atoms with van der Waals surface area (Å²) in [5.41, 5.74) is 0.714. The van der Waals surface area contributed by atoms with Gasteiger partial charge in [-0.25, -0.2) is 4.98 Å². The van der Waals surface area contributed by atoms with E-state index in [4.69, 9.17) is 0 Å². The average molecular weight is 255 g/mol. The van der Waals surface area contributed by atoms with E-state index in [1.165, 1.54) is 0 Å². The number of nitro groups is 1. The van der Waals surface area contributed by atoms with E-state index < -0.39 is 0 Å². The van der Waals surface area contributed by atoms with Gasteiger partial charge in [-0.3, -0.25) is 10.1 Å². The van der Waals surface area contributed by atoms with Gasteiger partial charge in [-0.2, -0.15) is 11.8 Å². The summed E-state index contributed by atoms with van der Waals surface area (Å²) in [5, 5.41) is 13.9. The SMILES string of the molecule is CCSCCCNc1nccc(C)c1[N+](=O)[O-]. The summed E-state index contributed by atoms with van der Waals surface area (Å²) >= 11 is 1.86. The number of pyridine rings is 1. The molecule has 0 aliphatic heterocycles. The summed E-state index contributed by atoms with van der Waals surface area (Å²) in [4.78, 5) is 14.5. The predicted octanol–water partition coefficient (Wildman–Crippen LogP) is 2.85. The molecule has 0 fully saturated rings. The molecule has 0 radical (unpaired) electrons. The van der Waals surface area contributed by atoms with Crippen LogP contribution in [0, 0.1) is 17.0 Å². The number of aromatic nitrogens is 1. The van der Waals surface area contributed by atoms with E-state index in [1.54, 1.807) is 19.2 Å². The lowest BCUT2D eigenvalue weighted by Gasteiger charge is -2.06. The molecule has 1 rings (SSSR count). The van der Waals surface area contributed by atoms with Gasteiger partial charge >= 0.3 is 5.69 Å². The monoisotopic (exact) mass is 255 g/mol. The molecule has 0 bridgehead atoms. The van der Waals surface area contributed by atoms with Crippen LogP contribution in [0.25, 0.3) is 0 Å². The van der Waals surface area contributed by atoms with Crippen molar-refractivity contribution in [3.05, 3.63) is 27.9 Å². The van der Waals surface area contributed by atoms with Gasteiger partial charge in [0.25, 0.3) is 0 Å². The molecule has 94 valence electrons. The van der Waals surface area contributed by atoms with Gasteiger partial charge in [0.1, 0.15) is 0 Å². The van der Waals surface area contributed by atoms with Gasteiger partial charge in [-0.1, -0.05) is 6.92 Å². The van der Waals surface area contributed by atoms with Gasteiger partial charge in [0, 0.05) is 18.3 Å². The molecule has 0 saturated heterocycles. The summed E-state index contributed by atoms with van der Waals surface area (Å²) in [6.07, 6.45) is 2.57. The summed E-state index contributed by atoms with van der Waals surface area (Å²) in [5.74, 6) is 2.53. The molecule has 5 nitrogen and oxygen atoms in total. The molecule has 0 atom stereocenters. The Hall–Kier alpha value is -1.30. The van der Waals surface area contributed by atoms with Crippen LogP contribution in [0.5, 0.6) is 0 Å². The number of hydrogen-bond donors (Lipinski definition) is 1. The molecule has 6 heteroatoms. The molecular weight excluding hydrogens is 238 g/mol. The maximum Gasteiger partial charge on any atom is 0.314 e. The second kappa shape index (κ2) is 7.11. The van der Waals surface area contributed by atoms with E-state index in [-0.39, 0.29) is 10.6 Å². The lowest BCUT2D eigenvalue weighted by atomic mass is 10.2. The van der Waals surface area contributed by atoms with Crippen molar-refractivity contribution in [1.29, 1.82) is 0 Å². The molecule has 1 N–H and O–H groups in total. The molecule has 0 aliphatic carbocycles. The third-order valence-corrected chi connectivity index (χ3v) is 3.26. The van der Waals surface area contributed by atoms with E-state index in [0.717, 1.165) is 17.9 Å². The summed E-state index contributed by atoms with van der Waals surface area (Å²) in [6.45, 7) is 4.55. The number of anilines is 1.